The van der Waals surface area contributed by atoms with E-state index in [-0.39, 0.29) is 25.5 Å². The maximum absolute atomic E-state index is 13.5. The van der Waals surface area contributed by atoms with Crippen LogP contribution in [0.4, 0.5) is 0 Å². The van der Waals surface area contributed by atoms with Crippen LogP contribution < -0.4 is 5.32 Å². The predicted molar refractivity (Wildman–Crippen MR) is 318 cm³/mol. The van der Waals surface area contributed by atoms with Gasteiger partial charge < -0.3 is 19.4 Å². The number of phosphoric acid groups is 1. The van der Waals surface area contributed by atoms with Crippen LogP contribution in [0.1, 0.15) is 245 Å². The first-order chi connectivity index (χ1) is 35.9. The summed E-state index contributed by atoms with van der Waals surface area (Å²) in [4.78, 5) is 37.6. The molecule has 9 nitrogen and oxygen atoms in total. The molecular formula is C64H114N2O7P+. The van der Waals surface area contributed by atoms with Crippen molar-refractivity contribution in [1.82, 2.24) is 5.32 Å². The van der Waals surface area contributed by atoms with Gasteiger partial charge in [0.2, 0.25) is 5.91 Å². The first-order valence-corrected chi connectivity index (χ1v) is 31.6. The number of carbonyl (C=O) groups excluding carboxylic acids is 2. The van der Waals surface area contributed by atoms with E-state index in [4.69, 9.17) is 13.8 Å². The van der Waals surface area contributed by atoms with Crippen LogP contribution in [-0.2, 0) is 27.9 Å². The van der Waals surface area contributed by atoms with Gasteiger partial charge in [0.1, 0.15) is 19.3 Å². The van der Waals surface area contributed by atoms with Gasteiger partial charge in [-0.15, -0.1) is 0 Å². The Morgan fingerprint density at radius 1 is 0.486 bits per heavy atom. The molecule has 0 fully saturated rings. The van der Waals surface area contributed by atoms with Gasteiger partial charge >= 0.3 is 13.8 Å². The summed E-state index contributed by atoms with van der Waals surface area (Å²) in [5.41, 5.74) is 0. The molecule has 0 bridgehead atoms. The summed E-state index contributed by atoms with van der Waals surface area (Å²) in [6, 6.07) is -0.888. The van der Waals surface area contributed by atoms with Crippen LogP contribution in [0.25, 0.3) is 0 Å². The van der Waals surface area contributed by atoms with E-state index in [1.807, 2.05) is 39.4 Å². The smallest absolute Gasteiger partial charge is 0.456 e. The van der Waals surface area contributed by atoms with E-state index in [2.05, 4.69) is 105 Å². The number of quaternary nitrogens is 1. The van der Waals surface area contributed by atoms with Crippen molar-refractivity contribution in [3.05, 3.63) is 97.2 Å². The van der Waals surface area contributed by atoms with Crippen molar-refractivity contribution >= 4 is 19.7 Å². The molecule has 0 heterocycles. The maximum atomic E-state index is 13.5. The Hall–Kier alpha value is -3.07. The fourth-order valence-corrected chi connectivity index (χ4v) is 8.87. The summed E-state index contributed by atoms with van der Waals surface area (Å²) >= 11 is 0. The van der Waals surface area contributed by atoms with E-state index < -0.39 is 25.9 Å². The van der Waals surface area contributed by atoms with Crippen LogP contribution in [0.15, 0.2) is 97.2 Å². The third-order valence-electron chi connectivity index (χ3n) is 12.8. The Balaban J connectivity index is 5.47. The SMILES string of the molecule is CC/C=C\C/C=C\C/C=C\C/C=C\C/C=C\C/C=C\CCC(=O)OC(/C=C/CCCCCCCCCCCCC)C(COP(=O)(O)OCC[N+](C)(C)C)NC(=O)CCCCCCC/C=C/CCCCCCCCC. The lowest BCUT2D eigenvalue weighted by molar-refractivity contribution is -0.870. The molecular weight excluding hydrogens is 940 g/mol. The normalized spacial score (nSPS) is 14.4. The van der Waals surface area contributed by atoms with Crippen molar-refractivity contribution in [2.45, 2.75) is 258 Å². The molecule has 0 aromatic rings. The van der Waals surface area contributed by atoms with Crippen LogP contribution in [0, 0.1) is 0 Å². The monoisotopic (exact) mass is 1050 g/mol. The minimum atomic E-state index is -4.47. The van der Waals surface area contributed by atoms with Gasteiger partial charge in [0, 0.05) is 12.8 Å². The molecule has 1 amide bonds. The molecule has 0 saturated heterocycles. The number of phosphoric ester groups is 1. The number of esters is 1. The molecule has 0 aliphatic rings. The van der Waals surface area contributed by atoms with E-state index in [1.54, 1.807) is 0 Å². The van der Waals surface area contributed by atoms with Crippen molar-refractivity contribution < 1.29 is 37.3 Å². The number of rotatable bonds is 53. The van der Waals surface area contributed by atoms with Crippen LogP contribution in [-0.4, -0.2) is 74.3 Å². The highest BCUT2D eigenvalue weighted by Gasteiger charge is 2.30. The van der Waals surface area contributed by atoms with Gasteiger partial charge in [0.25, 0.3) is 0 Å². The largest absolute Gasteiger partial charge is 0.472 e. The minimum Gasteiger partial charge on any atom is -0.456 e. The number of allylic oxidation sites excluding steroid dienone is 15. The molecule has 3 atom stereocenters. The molecule has 74 heavy (non-hydrogen) atoms. The Morgan fingerprint density at radius 3 is 1.32 bits per heavy atom. The molecule has 0 saturated carbocycles. The predicted octanol–water partition coefficient (Wildman–Crippen LogP) is 18.4. The van der Waals surface area contributed by atoms with Gasteiger partial charge in [-0.3, -0.25) is 18.6 Å². The number of nitrogens with one attached hydrogen (secondary N) is 1. The lowest BCUT2D eigenvalue weighted by Crippen LogP contribution is -2.47. The lowest BCUT2D eigenvalue weighted by atomic mass is 10.0. The van der Waals surface area contributed by atoms with Crippen LogP contribution in [0.5, 0.6) is 0 Å². The van der Waals surface area contributed by atoms with Gasteiger partial charge in [-0.05, 0) is 96.0 Å². The molecule has 426 valence electrons. The maximum Gasteiger partial charge on any atom is 0.472 e. The number of hydrogen-bond donors (Lipinski definition) is 2. The van der Waals surface area contributed by atoms with Crippen molar-refractivity contribution in [1.29, 1.82) is 0 Å². The van der Waals surface area contributed by atoms with Crippen molar-refractivity contribution in [2.24, 2.45) is 0 Å². The molecule has 10 heteroatoms. The third kappa shape index (κ3) is 53.7. The second-order valence-corrected chi connectivity index (χ2v) is 22.6. The fourth-order valence-electron chi connectivity index (χ4n) is 8.14. The zero-order valence-electron chi connectivity index (χ0n) is 48.6. The van der Waals surface area contributed by atoms with Crippen molar-refractivity contribution in [3.63, 3.8) is 0 Å². The van der Waals surface area contributed by atoms with Gasteiger partial charge in [-0.25, -0.2) is 4.57 Å². The Morgan fingerprint density at radius 2 is 0.878 bits per heavy atom. The summed E-state index contributed by atoms with van der Waals surface area (Å²) in [6.45, 7) is 6.84. The molecule has 3 unspecified atom stereocenters. The average molecular weight is 1050 g/mol. The van der Waals surface area contributed by atoms with Gasteiger partial charge in [-0.2, -0.15) is 0 Å². The van der Waals surface area contributed by atoms with Gasteiger partial charge in [-0.1, -0.05) is 234 Å². The molecule has 0 aliphatic heterocycles. The van der Waals surface area contributed by atoms with E-state index in [0.29, 0.717) is 23.9 Å². The Labute approximate surface area is 456 Å². The van der Waals surface area contributed by atoms with Gasteiger partial charge in [0.15, 0.2) is 0 Å². The van der Waals surface area contributed by atoms with Crippen LogP contribution in [0.3, 0.4) is 0 Å². The number of carbonyl (C=O) groups is 2. The number of amides is 1. The first-order valence-electron chi connectivity index (χ1n) is 30.1. The second kappa shape index (κ2) is 53.3. The molecule has 0 aromatic carbocycles. The summed E-state index contributed by atoms with van der Waals surface area (Å²) < 4.78 is 30.6. The van der Waals surface area contributed by atoms with Crippen molar-refractivity contribution in [3.8, 4) is 0 Å². The van der Waals surface area contributed by atoms with E-state index in [0.717, 1.165) is 96.3 Å². The number of nitrogens with zero attached hydrogens (tertiary/aromatic N) is 1. The lowest BCUT2D eigenvalue weighted by Gasteiger charge is -2.27. The highest BCUT2D eigenvalue weighted by Crippen LogP contribution is 2.43. The van der Waals surface area contributed by atoms with Gasteiger partial charge in [0.05, 0.1) is 33.8 Å². The summed E-state index contributed by atoms with van der Waals surface area (Å²) in [5, 5.41) is 3.03. The topological polar surface area (TPSA) is 111 Å². The second-order valence-electron chi connectivity index (χ2n) is 21.1. The Bertz CT molecular complexity index is 1590. The van der Waals surface area contributed by atoms with Crippen molar-refractivity contribution in [2.75, 3.05) is 40.9 Å². The number of ether oxygens (including phenoxy) is 1. The van der Waals surface area contributed by atoms with Crippen LogP contribution in [0.2, 0.25) is 0 Å². The number of hydrogen-bond acceptors (Lipinski definition) is 6. The third-order valence-corrected chi connectivity index (χ3v) is 13.8. The summed E-state index contributed by atoms with van der Waals surface area (Å²) in [6.07, 6.45) is 71.3. The fraction of sp³-hybridized carbons (Fsp3) is 0.719. The average Bonchev–Trinajstić information content (AvgIpc) is 3.36. The van der Waals surface area contributed by atoms with Crippen LogP contribution >= 0.6 is 7.82 Å². The minimum absolute atomic E-state index is 0.0235. The first kappa shape index (κ1) is 70.9. The molecule has 2 N–H and O–H groups in total. The summed E-state index contributed by atoms with van der Waals surface area (Å²) in [5.74, 6) is -0.615. The highest BCUT2D eigenvalue weighted by molar-refractivity contribution is 7.47. The molecule has 0 aliphatic carbocycles. The zero-order chi connectivity index (χ0) is 54.3. The standard InChI is InChI=1S/C64H113N2O7P/c1-7-10-13-16-19-22-25-28-30-32-33-34-36-39-42-45-48-51-54-57-64(68)73-62(55-52-49-46-43-40-37-27-24-21-18-15-12-9-3)61(60-72-74(69,70)71-59-58-66(4,5)6)65-63(67)56-53-50-47-44-41-38-35-31-29-26-23-20-17-14-11-8-2/h10,13,19,22,28,30-31,33-35,39,42,48,51-52,55,61-62H,7-9,11-12,14-18,20-21,23-27,29,32,36-38,40-41,43-47,49-50,53-54,56-60H2,1-6H3,(H-,65,67,69,70)/p+1/b13-10-,22-19-,30-28-,34-33-,35-31+,42-39-,51-48-,55-52+. The van der Waals surface area contributed by atoms with E-state index in [9.17, 15) is 19.0 Å². The van der Waals surface area contributed by atoms with E-state index in [1.165, 1.54) is 109 Å². The quantitative estimate of drug-likeness (QED) is 0.0205. The number of unbranched alkanes of at least 4 members (excludes halogenated alkanes) is 23. The molecule has 0 radical (unpaired) electrons. The molecule has 0 aromatic heterocycles. The Kier molecular flexibility index (Phi) is 51.1. The highest BCUT2D eigenvalue weighted by atomic mass is 31.2. The van der Waals surface area contributed by atoms with E-state index >= 15 is 0 Å². The zero-order valence-corrected chi connectivity index (χ0v) is 49.4. The summed E-state index contributed by atoms with van der Waals surface area (Å²) in [7, 11) is 1.44. The molecule has 0 rings (SSSR count). The number of likely N-dealkylation sites (N-methyl/N-ethyl adjacent to an activating group) is 1. The molecule has 0 spiro atoms.